The number of fused-ring (bicyclic) bond motifs is 1. The molecule has 7 nitrogen and oxygen atoms in total. The molecule has 30 heavy (non-hydrogen) atoms. The van der Waals surface area contributed by atoms with Crippen LogP contribution in [-0.2, 0) is 6.54 Å². The van der Waals surface area contributed by atoms with Crippen LogP contribution in [0.25, 0.3) is 10.9 Å². The lowest BCUT2D eigenvalue weighted by atomic mass is 10.2. The van der Waals surface area contributed by atoms with Gasteiger partial charge >= 0.3 is 0 Å². The number of hydrogen-bond donors (Lipinski definition) is 2. The predicted octanol–water partition coefficient (Wildman–Crippen LogP) is 4.39. The predicted molar refractivity (Wildman–Crippen MR) is 123 cm³/mol. The number of para-hydroxylation sites is 1. The lowest BCUT2D eigenvalue weighted by Crippen LogP contribution is -2.13. The van der Waals surface area contributed by atoms with E-state index in [0.717, 1.165) is 16.5 Å². The van der Waals surface area contributed by atoms with Crippen molar-refractivity contribution in [3.8, 4) is 0 Å². The van der Waals surface area contributed by atoms with Crippen LogP contribution in [0.2, 0.25) is 5.02 Å². The highest BCUT2D eigenvalue weighted by molar-refractivity contribution is 6.31. The van der Waals surface area contributed by atoms with Crippen molar-refractivity contribution >= 4 is 59.5 Å². The number of nitrogens with one attached hydrogen (secondary N) is 1. The first kappa shape index (κ1) is 23.5. The second-order valence-electron chi connectivity index (χ2n) is 6.24. The topological polar surface area (TPSA) is 86.0 Å². The lowest BCUT2D eigenvalue weighted by Gasteiger charge is -2.08. The minimum atomic E-state index is -0.334. The SMILES string of the molecule is Cc1nnc(N/N=C/c2cn(Cc3c(F)cccc3Cl)c3ccccc23)n1N.Cl.Cl. The highest BCUT2D eigenvalue weighted by Crippen LogP contribution is 2.25. The van der Waals surface area contributed by atoms with Crippen molar-refractivity contribution in [2.75, 3.05) is 11.3 Å². The molecular weight excluding hydrogens is 452 g/mol. The first-order valence-electron chi connectivity index (χ1n) is 8.51. The molecule has 0 amide bonds. The van der Waals surface area contributed by atoms with Crippen LogP contribution in [0.5, 0.6) is 0 Å². The third-order valence-electron chi connectivity index (χ3n) is 4.44. The maximum absolute atomic E-state index is 14.2. The Labute approximate surface area is 189 Å². The zero-order valence-electron chi connectivity index (χ0n) is 15.8. The molecule has 0 spiro atoms. The number of halogens is 4. The number of hydrogen-bond acceptors (Lipinski definition) is 5. The van der Waals surface area contributed by atoms with Crippen molar-refractivity contribution in [1.29, 1.82) is 0 Å². The number of rotatable bonds is 5. The Morgan fingerprint density at radius 3 is 2.63 bits per heavy atom. The number of nitrogens with two attached hydrogens (primary N) is 1. The zero-order chi connectivity index (χ0) is 19.7. The van der Waals surface area contributed by atoms with Crippen LogP contribution < -0.4 is 11.3 Å². The molecule has 4 aromatic rings. The van der Waals surface area contributed by atoms with E-state index in [0.29, 0.717) is 28.9 Å². The van der Waals surface area contributed by atoms with Gasteiger partial charge in [0.2, 0.25) is 0 Å². The molecule has 4 rings (SSSR count). The van der Waals surface area contributed by atoms with Gasteiger partial charge < -0.3 is 10.4 Å². The van der Waals surface area contributed by atoms with Gasteiger partial charge in [0.05, 0.1) is 12.8 Å². The van der Waals surface area contributed by atoms with Gasteiger partial charge in [-0.3, -0.25) is 0 Å². The summed E-state index contributed by atoms with van der Waals surface area (Å²) in [4.78, 5) is 0. The van der Waals surface area contributed by atoms with E-state index in [-0.39, 0.29) is 30.6 Å². The number of nitrogen functional groups attached to an aromatic ring is 1. The molecular formula is C19H19Cl3FN7. The maximum atomic E-state index is 14.2. The van der Waals surface area contributed by atoms with Crippen LogP contribution in [-0.4, -0.2) is 25.7 Å². The highest BCUT2D eigenvalue weighted by atomic mass is 35.5. The van der Waals surface area contributed by atoms with E-state index >= 15 is 0 Å². The number of aryl methyl sites for hydroxylation is 1. The molecule has 11 heteroatoms. The zero-order valence-corrected chi connectivity index (χ0v) is 18.2. The van der Waals surface area contributed by atoms with Crippen LogP contribution in [0.3, 0.4) is 0 Å². The summed E-state index contributed by atoms with van der Waals surface area (Å²) in [5, 5.41) is 13.3. The van der Waals surface area contributed by atoms with Gasteiger partial charge in [-0.05, 0) is 25.1 Å². The Kier molecular flexibility index (Phi) is 7.66. The molecule has 0 fully saturated rings. The third-order valence-corrected chi connectivity index (χ3v) is 4.80. The molecule has 158 valence electrons. The molecule has 3 N–H and O–H groups in total. The first-order valence-corrected chi connectivity index (χ1v) is 8.89. The van der Waals surface area contributed by atoms with Gasteiger partial charge in [-0.15, -0.1) is 35.0 Å². The van der Waals surface area contributed by atoms with E-state index in [1.807, 2.05) is 35.0 Å². The summed E-state index contributed by atoms with van der Waals surface area (Å²) in [5.41, 5.74) is 5.01. The Bertz CT molecular complexity index is 1170. The summed E-state index contributed by atoms with van der Waals surface area (Å²) in [6.45, 7) is 2.05. The molecule has 0 bridgehead atoms. The molecule has 0 atom stereocenters. The Morgan fingerprint density at radius 2 is 1.93 bits per heavy atom. The smallest absolute Gasteiger partial charge is 0.263 e. The van der Waals surface area contributed by atoms with Gasteiger partial charge in [0, 0.05) is 33.2 Å². The van der Waals surface area contributed by atoms with Crippen LogP contribution in [0, 0.1) is 12.7 Å². The molecule has 0 unspecified atom stereocenters. The average Bonchev–Trinajstić information content (AvgIpc) is 3.20. The van der Waals surface area contributed by atoms with E-state index < -0.39 is 0 Å². The number of benzene rings is 2. The van der Waals surface area contributed by atoms with Gasteiger partial charge in [0.1, 0.15) is 5.82 Å². The van der Waals surface area contributed by atoms with E-state index in [2.05, 4.69) is 20.7 Å². The average molecular weight is 471 g/mol. The Hall–Kier alpha value is -2.81. The summed E-state index contributed by atoms with van der Waals surface area (Å²) in [7, 11) is 0. The Morgan fingerprint density at radius 1 is 1.17 bits per heavy atom. The van der Waals surface area contributed by atoms with Crippen LogP contribution in [0.4, 0.5) is 10.3 Å². The van der Waals surface area contributed by atoms with E-state index in [1.165, 1.54) is 10.7 Å². The molecule has 0 aliphatic carbocycles. The normalized spacial score (nSPS) is 10.8. The number of anilines is 1. The standard InChI is InChI=1S/C19H17ClFN7.2ClH/c1-12-24-26-19(28(12)22)25-23-9-13-10-27(18-8-3-2-5-14(13)18)11-15-16(20)6-4-7-17(15)21;;/h2-10H,11,22H2,1H3,(H,25,26);2*1H/b23-9+;;. The summed E-state index contributed by atoms with van der Waals surface area (Å²) < 4.78 is 17.5. The number of aromatic nitrogens is 4. The fourth-order valence-corrected chi connectivity index (χ4v) is 3.19. The van der Waals surface area contributed by atoms with E-state index in [9.17, 15) is 4.39 Å². The van der Waals surface area contributed by atoms with Crippen molar-refractivity contribution in [3.63, 3.8) is 0 Å². The fraction of sp³-hybridized carbons (Fsp3) is 0.105. The number of hydrazone groups is 1. The molecule has 2 heterocycles. The molecule has 0 saturated carbocycles. The van der Waals surface area contributed by atoms with Crippen molar-refractivity contribution in [2.45, 2.75) is 13.5 Å². The van der Waals surface area contributed by atoms with Gasteiger partial charge in [-0.2, -0.15) is 5.10 Å². The van der Waals surface area contributed by atoms with Crippen molar-refractivity contribution < 1.29 is 4.39 Å². The van der Waals surface area contributed by atoms with Crippen LogP contribution >= 0.6 is 36.4 Å². The fourth-order valence-electron chi connectivity index (χ4n) is 2.97. The first-order chi connectivity index (χ1) is 13.5. The molecule has 2 aromatic carbocycles. The number of nitrogens with zero attached hydrogens (tertiary/aromatic N) is 5. The van der Waals surface area contributed by atoms with E-state index in [1.54, 1.807) is 25.3 Å². The molecule has 0 aliphatic heterocycles. The molecule has 0 saturated heterocycles. The van der Waals surface area contributed by atoms with Crippen molar-refractivity contribution in [1.82, 2.24) is 19.4 Å². The van der Waals surface area contributed by atoms with E-state index in [4.69, 9.17) is 17.4 Å². The second kappa shape index (κ2) is 9.80. The summed E-state index contributed by atoms with van der Waals surface area (Å²) in [5.74, 6) is 6.36. The quantitative estimate of drug-likeness (QED) is 0.257. The van der Waals surface area contributed by atoms with Crippen LogP contribution in [0.1, 0.15) is 17.0 Å². The molecule has 0 radical (unpaired) electrons. The monoisotopic (exact) mass is 469 g/mol. The molecule has 0 aliphatic rings. The minimum Gasteiger partial charge on any atom is -0.342 e. The van der Waals surface area contributed by atoms with Crippen molar-refractivity contribution in [3.05, 3.63) is 76.5 Å². The largest absolute Gasteiger partial charge is 0.342 e. The third kappa shape index (κ3) is 4.51. The van der Waals surface area contributed by atoms with Crippen LogP contribution in [0.15, 0.2) is 53.8 Å². The second-order valence-corrected chi connectivity index (χ2v) is 6.65. The highest BCUT2D eigenvalue weighted by Gasteiger charge is 2.12. The van der Waals surface area contributed by atoms with Crippen molar-refractivity contribution in [2.24, 2.45) is 5.10 Å². The molecule has 2 aromatic heterocycles. The van der Waals surface area contributed by atoms with Gasteiger partial charge in [0.25, 0.3) is 5.95 Å². The van der Waals surface area contributed by atoms with Gasteiger partial charge in [-0.25, -0.2) is 14.5 Å². The lowest BCUT2D eigenvalue weighted by molar-refractivity contribution is 0.602. The minimum absolute atomic E-state index is 0. The summed E-state index contributed by atoms with van der Waals surface area (Å²) in [6.07, 6.45) is 3.56. The van der Waals surface area contributed by atoms with Gasteiger partial charge in [-0.1, -0.05) is 35.9 Å². The summed E-state index contributed by atoms with van der Waals surface area (Å²) >= 11 is 6.19. The Balaban J connectivity index is 0.00000160. The summed E-state index contributed by atoms with van der Waals surface area (Å²) in [6, 6.07) is 12.5. The maximum Gasteiger partial charge on any atom is 0.263 e. The van der Waals surface area contributed by atoms with Gasteiger partial charge in [0.15, 0.2) is 5.82 Å².